The van der Waals surface area contributed by atoms with Gasteiger partial charge in [0.25, 0.3) is 0 Å². The number of rotatable bonds is 4. The highest BCUT2D eigenvalue weighted by Gasteiger charge is 2.07. The molecule has 0 fully saturated rings. The first-order chi connectivity index (χ1) is 7.75. The molecule has 2 aromatic rings. The Hall–Kier alpha value is -1.62. The quantitative estimate of drug-likeness (QED) is 0.852. The van der Waals surface area contributed by atoms with E-state index < -0.39 is 0 Å². The summed E-state index contributed by atoms with van der Waals surface area (Å²) in [4.78, 5) is 8.31. The summed E-state index contributed by atoms with van der Waals surface area (Å²) in [5.74, 6) is 0.390. The van der Waals surface area contributed by atoms with Crippen molar-refractivity contribution in [1.82, 2.24) is 9.97 Å². The van der Waals surface area contributed by atoms with Crippen molar-refractivity contribution in [2.45, 2.75) is 12.8 Å². The van der Waals surface area contributed by atoms with E-state index in [-0.39, 0.29) is 0 Å². The fraction of sp³-hybridized carbons (Fsp3) is 0.273. The van der Waals surface area contributed by atoms with Gasteiger partial charge in [-0.05, 0) is 6.07 Å². The predicted octanol–water partition coefficient (Wildman–Crippen LogP) is 2.34. The van der Waals surface area contributed by atoms with Crippen LogP contribution in [0.2, 0.25) is 0 Å². The maximum Gasteiger partial charge on any atom is 0.0970 e. The molecule has 0 aliphatic heterocycles. The van der Waals surface area contributed by atoms with E-state index in [1.165, 1.54) is 0 Å². The van der Waals surface area contributed by atoms with Crippen LogP contribution < -0.4 is 11.1 Å². The van der Waals surface area contributed by atoms with E-state index in [9.17, 15) is 0 Å². The summed E-state index contributed by atoms with van der Waals surface area (Å²) in [6.07, 6.45) is 5.24. The number of anilines is 2. The van der Waals surface area contributed by atoms with Crippen molar-refractivity contribution < 1.29 is 0 Å². The second-order valence-electron chi connectivity index (χ2n) is 3.66. The van der Waals surface area contributed by atoms with Gasteiger partial charge in [0.15, 0.2) is 0 Å². The molecule has 3 N–H and O–H groups in total. The standard InChI is InChI=1S/C11H14N4S/c1-8(11-14-2-3-16-11)5-15-10-4-9(12)6-13-7-10/h2-4,6-8,15H,5,12H2,1H3. The number of hydrogen-bond donors (Lipinski definition) is 2. The molecule has 0 aliphatic rings. The largest absolute Gasteiger partial charge is 0.397 e. The lowest BCUT2D eigenvalue weighted by molar-refractivity contribution is 0.794. The van der Waals surface area contributed by atoms with Gasteiger partial charge < -0.3 is 11.1 Å². The first-order valence-electron chi connectivity index (χ1n) is 5.09. The van der Waals surface area contributed by atoms with Gasteiger partial charge in [0, 0.05) is 30.2 Å². The highest BCUT2D eigenvalue weighted by Crippen LogP contribution is 2.18. The van der Waals surface area contributed by atoms with Crippen molar-refractivity contribution in [2.24, 2.45) is 0 Å². The highest BCUT2D eigenvalue weighted by atomic mass is 32.1. The lowest BCUT2D eigenvalue weighted by Crippen LogP contribution is -2.09. The molecular formula is C11H14N4S. The zero-order valence-electron chi connectivity index (χ0n) is 9.05. The number of aromatic nitrogens is 2. The van der Waals surface area contributed by atoms with Crippen molar-refractivity contribution in [3.8, 4) is 0 Å². The zero-order chi connectivity index (χ0) is 11.4. The Morgan fingerprint density at radius 3 is 3.06 bits per heavy atom. The lowest BCUT2D eigenvalue weighted by Gasteiger charge is -2.11. The third-order valence-corrected chi connectivity index (χ3v) is 3.25. The highest BCUT2D eigenvalue weighted by molar-refractivity contribution is 7.09. The summed E-state index contributed by atoms with van der Waals surface area (Å²) < 4.78 is 0. The van der Waals surface area contributed by atoms with Crippen LogP contribution in [-0.4, -0.2) is 16.5 Å². The minimum absolute atomic E-state index is 0.390. The second-order valence-corrected chi connectivity index (χ2v) is 4.59. The fourth-order valence-corrected chi connectivity index (χ4v) is 2.09. The Bertz CT molecular complexity index is 441. The molecule has 2 rings (SSSR count). The molecule has 0 aromatic carbocycles. The van der Waals surface area contributed by atoms with E-state index >= 15 is 0 Å². The van der Waals surface area contributed by atoms with Gasteiger partial charge in [-0.15, -0.1) is 11.3 Å². The van der Waals surface area contributed by atoms with Crippen molar-refractivity contribution in [3.05, 3.63) is 35.0 Å². The van der Waals surface area contributed by atoms with Crippen molar-refractivity contribution in [2.75, 3.05) is 17.6 Å². The van der Waals surface area contributed by atoms with Crippen LogP contribution in [-0.2, 0) is 0 Å². The first-order valence-corrected chi connectivity index (χ1v) is 5.97. The smallest absolute Gasteiger partial charge is 0.0970 e. The van der Waals surface area contributed by atoms with Crippen LogP contribution in [0.1, 0.15) is 17.8 Å². The summed E-state index contributed by atoms with van der Waals surface area (Å²) in [5.41, 5.74) is 7.27. The topological polar surface area (TPSA) is 63.8 Å². The number of hydrogen-bond acceptors (Lipinski definition) is 5. The number of nitrogens with two attached hydrogens (primary N) is 1. The van der Waals surface area contributed by atoms with Crippen LogP contribution in [0.25, 0.3) is 0 Å². The maximum atomic E-state index is 5.65. The summed E-state index contributed by atoms with van der Waals surface area (Å²) in [5, 5.41) is 6.43. The molecule has 0 amide bonds. The normalized spacial score (nSPS) is 12.3. The number of pyridine rings is 1. The zero-order valence-corrected chi connectivity index (χ0v) is 9.87. The molecule has 0 bridgehead atoms. The summed E-state index contributed by atoms with van der Waals surface area (Å²) in [6, 6.07) is 1.88. The Balaban J connectivity index is 1.92. The lowest BCUT2D eigenvalue weighted by atomic mass is 10.2. The Morgan fingerprint density at radius 2 is 2.38 bits per heavy atom. The van der Waals surface area contributed by atoms with Gasteiger partial charge in [0.1, 0.15) is 0 Å². The van der Waals surface area contributed by atoms with Gasteiger partial charge in [0.05, 0.1) is 22.6 Å². The van der Waals surface area contributed by atoms with Crippen LogP contribution in [0.5, 0.6) is 0 Å². The van der Waals surface area contributed by atoms with Gasteiger partial charge in [-0.3, -0.25) is 4.98 Å². The van der Waals surface area contributed by atoms with Gasteiger partial charge in [-0.1, -0.05) is 6.92 Å². The molecule has 16 heavy (non-hydrogen) atoms. The Labute approximate surface area is 98.6 Å². The van der Waals surface area contributed by atoms with Gasteiger partial charge in [-0.2, -0.15) is 0 Å². The van der Waals surface area contributed by atoms with E-state index in [1.807, 2.05) is 17.6 Å². The number of nitrogens with one attached hydrogen (secondary N) is 1. The molecular weight excluding hydrogens is 220 g/mol. The summed E-state index contributed by atoms with van der Waals surface area (Å²) in [6.45, 7) is 2.98. The third kappa shape index (κ3) is 2.70. The maximum absolute atomic E-state index is 5.65. The van der Waals surface area contributed by atoms with Crippen LogP contribution >= 0.6 is 11.3 Å². The van der Waals surface area contributed by atoms with Gasteiger partial charge in [0.2, 0.25) is 0 Å². The average molecular weight is 234 g/mol. The van der Waals surface area contributed by atoms with E-state index in [0.717, 1.165) is 17.2 Å². The van der Waals surface area contributed by atoms with Crippen LogP contribution in [0, 0.1) is 0 Å². The van der Waals surface area contributed by atoms with E-state index in [0.29, 0.717) is 11.6 Å². The molecule has 0 radical (unpaired) electrons. The number of thiazole rings is 1. The van der Waals surface area contributed by atoms with Crippen LogP contribution in [0.3, 0.4) is 0 Å². The van der Waals surface area contributed by atoms with Gasteiger partial charge >= 0.3 is 0 Å². The molecule has 1 atom stereocenters. The molecule has 0 saturated heterocycles. The minimum Gasteiger partial charge on any atom is -0.397 e. The monoisotopic (exact) mass is 234 g/mol. The van der Waals surface area contributed by atoms with Crippen molar-refractivity contribution >= 4 is 22.7 Å². The molecule has 0 spiro atoms. The molecule has 1 unspecified atom stereocenters. The van der Waals surface area contributed by atoms with Crippen molar-refractivity contribution in [1.29, 1.82) is 0 Å². The molecule has 5 heteroatoms. The first kappa shape index (κ1) is 10.9. The summed E-state index contributed by atoms with van der Waals surface area (Å²) in [7, 11) is 0. The van der Waals surface area contributed by atoms with Crippen LogP contribution in [0.4, 0.5) is 11.4 Å². The average Bonchev–Trinajstić information content (AvgIpc) is 2.79. The minimum atomic E-state index is 0.390. The predicted molar refractivity (Wildman–Crippen MR) is 67.7 cm³/mol. The van der Waals surface area contributed by atoms with E-state index in [4.69, 9.17) is 5.73 Å². The SMILES string of the molecule is CC(CNc1cncc(N)c1)c1nccs1. The molecule has 84 valence electrons. The Kier molecular flexibility index (Phi) is 3.36. The third-order valence-electron chi connectivity index (χ3n) is 2.24. The van der Waals surface area contributed by atoms with Crippen molar-refractivity contribution in [3.63, 3.8) is 0 Å². The molecule has 2 aromatic heterocycles. The number of nitrogens with zero attached hydrogens (tertiary/aromatic N) is 2. The second kappa shape index (κ2) is 4.94. The summed E-state index contributed by atoms with van der Waals surface area (Å²) >= 11 is 1.68. The van der Waals surface area contributed by atoms with Crippen LogP contribution in [0.15, 0.2) is 30.0 Å². The molecule has 2 heterocycles. The molecule has 0 saturated carbocycles. The van der Waals surface area contributed by atoms with E-state index in [1.54, 1.807) is 23.7 Å². The van der Waals surface area contributed by atoms with E-state index in [2.05, 4.69) is 22.2 Å². The van der Waals surface area contributed by atoms with Gasteiger partial charge in [-0.25, -0.2) is 4.98 Å². The molecule has 4 nitrogen and oxygen atoms in total. The Morgan fingerprint density at radius 1 is 1.50 bits per heavy atom. The fourth-order valence-electron chi connectivity index (χ4n) is 1.39. The molecule has 0 aliphatic carbocycles. The number of nitrogen functional groups attached to an aromatic ring is 1.